The van der Waals surface area contributed by atoms with Gasteiger partial charge in [0.05, 0.1) is 5.69 Å². The fraction of sp³-hybridized carbons (Fsp3) is 0.267. The van der Waals surface area contributed by atoms with Crippen LogP contribution in [0.4, 0.5) is 0 Å². The Hall–Kier alpha value is -2.34. The standard InChI is InChI=1S/C15H15ClN2O4/c1-9-14(10(2)22-18-9)15(20)21-8-13(19)17-7-11-5-3-4-6-12(11)16/h3-6H,7-8H2,1-2H3,(H,17,19). The number of hydrogen-bond acceptors (Lipinski definition) is 5. The van der Waals surface area contributed by atoms with Gasteiger partial charge in [-0.2, -0.15) is 0 Å². The molecule has 2 aromatic rings. The van der Waals surface area contributed by atoms with Gasteiger partial charge in [0.2, 0.25) is 0 Å². The molecule has 0 saturated heterocycles. The van der Waals surface area contributed by atoms with E-state index in [4.69, 9.17) is 20.9 Å². The maximum Gasteiger partial charge on any atom is 0.344 e. The Balaban J connectivity index is 1.83. The van der Waals surface area contributed by atoms with E-state index < -0.39 is 11.9 Å². The third-order valence-electron chi connectivity index (χ3n) is 3.01. The molecule has 1 aromatic heterocycles. The van der Waals surface area contributed by atoms with Gasteiger partial charge in [-0.05, 0) is 25.5 Å². The molecule has 1 N–H and O–H groups in total. The van der Waals surface area contributed by atoms with Gasteiger partial charge in [-0.25, -0.2) is 4.79 Å². The number of aryl methyl sites for hydroxylation is 2. The highest BCUT2D eigenvalue weighted by molar-refractivity contribution is 6.31. The van der Waals surface area contributed by atoms with E-state index in [0.29, 0.717) is 16.5 Å². The van der Waals surface area contributed by atoms with Crippen molar-refractivity contribution < 1.29 is 18.8 Å². The molecule has 0 fully saturated rings. The van der Waals surface area contributed by atoms with E-state index in [-0.39, 0.29) is 18.7 Å². The summed E-state index contributed by atoms with van der Waals surface area (Å²) < 4.78 is 9.82. The molecule has 116 valence electrons. The molecule has 0 spiro atoms. The van der Waals surface area contributed by atoms with Crippen molar-refractivity contribution in [2.45, 2.75) is 20.4 Å². The molecule has 1 heterocycles. The molecule has 7 heteroatoms. The van der Waals surface area contributed by atoms with Crippen molar-refractivity contribution in [3.8, 4) is 0 Å². The molecule has 0 aliphatic heterocycles. The second-order valence-corrected chi connectivity index (χ2v) is 5.05. The number of benzene rings is 1. The molecule has 0 unspecified atom stereocenters. The molecule has 22 heavy (non-hydrogen) atoms. The fourth-order valence-electron chi connectivity index (χ4n) is 1.86. The minimum absolute atomic E-state index is 0.249. The first-order valence-electron chi connectivity index (χ1n) is 6.59. The lowest BCUT2D eigenvalue weighted by Gasteiger charge is -2.07. The number of carbonyl (C=O) groups excluding carboxylic acids is 2. The summed E-state index contributed by atoms with van der Waals surface area (Å²) in [7, 11) is 0. The molecule has 0 radical (unpaired) electrons. The van der Waals surface area contributed by atoms with E-state index in [1.54, 1.807) is 32.0 Å². The van der Waals surface area contributed by atoms with Gasteiger partial charge in [0, 0.05) is 11.6 Å². The Morgan fingerprint density at radius 3 is 2.68 bits per heavy atom. The number of rotatable bonds is 5. The Morgan fingerprint density at radius 1 is 1.32 bits per heavy atom. The van der Waals surface area contributed by atoms with Crippen LogP contribution in [-0.2, 0) is 16.1 Å². The minimum atomic E-state index is -0.635. The first kappa shape index (κ1) is 16.0. The average Bonchev–Trinajstić information content (AvgIpc) is 2.83. The smallest absolute Gasteiger partial charge is 0.344 e. The van der Waals surface area contributed by atoms with Crippen molar-refractivity contribution >= 4 is 23.5 Å². The highest BCUT2D eigenvalue weighted by Gasteiger charge is 2.19. The quantitative estimate of drug-likeness (QED) is 0.855. The summed E-state index contributed by atoms with van der Waals surface area (Å²) in [4.78, 5) is 23.6. The fourth-order valence-corrected chi connectivity index (χ4v) is 2.07. The lowest BCUT2D eigenvalue weighted by atomic mass is 10.2. The molecule has 0 bridgehead atoms. The van der Waals surface area contributed by atoms with Crippen molar-refractivity contribution in [1.82, 2.24) is 10.5 Å². The van der Waals surface area contributed by atoms with E-state index in [9.17, 15) is 9.59 Å². The van der Waals surface area contributed by atoms with E-state index in [2.05, 4.69) is 10.5 Å². The Bertz CT molecular complexity index is 677. The van der Waals surface area contributed by atoms with Crippen LogP contribution in [0.25, 0.3) is 0 Å². The van der Waals surface area contributed by atoms with Crippen LogP contribution in [0.1, 0.15) is 27.4 Å². The van der Waals surface area contributed by atoms with Crippen LogP contribution in [0.2, 0.25) is 5.02 Å². The zero-order valence-corrected chi connectivity index (χ0v) is 12.9. The predicted molar refractivity (Wildman–Crippen MR) is 79.6 cm³/mol. The Morgan fingerprint density at radius 2 is 2.05 bits per heavy atom. The van der Waals surface area contributed by atoms with E-state index in [1.807, 2.05) is 6.07 Å². The molecule has 1 amide bonds. The highest BCUT2D eigenvalue weighted by Crippen LogP contribution is 2.15. The van der Waals surface area contributed by atoms with Crippen molar-refractivity contribution in [2.75, 3.05) is 6.61 Å². The highest BCUT2D eigenvalue weighted by atomic mass is 35.5. The number of carbonyl (C=O) groups is 2. The number of nitrogens with one attached hydrogen (secondary N) is 1. The zero-order valence-electron chi connectivity index (χ0n) is 12.2. The maximum atomic E-state index is 11.9. The van der Waals surface area contributed by atoms with Crippen LogP contribution in [0, 0.1) is 13.8 Å². The Kier molecular flexibility index (Phi) is 5.16. The first-order valence-corrected chi connectivity index (χ1v) is 6.97. The predicted octanol–water partition coefficient (Wildman–Crippen LogP) is 2.42. The number of esters is 1. The summed E-state index contributed by atoms with van der Waals surface area (Å²) in [6.45, 7) is 3.12. The van der Waals surface area contributed by atoms with Crippen molar-refractivity contribution in [2.24, 2.45) is 0 Å². The molecule has 1 aromatic carbocycles. The normalized spacial score (nSPS) is 10.3. The maximum absolute atomic E-state index is 11.9. The van der Waals surface area contributed by atoms with Crippen LogP contribution >= 0.6 is 11.6 Å². The monoisotopic (exact) mass is 322 g/mol. The van der Waals surface area contributed by atoms with Crippen molar-refractivity contribution in [1.29, 1.82) is 0 Å². The summed E-state index contributed by atoms with van der Waals surface area (Å²) >= 11 is 5.98. The van der Waals surface area contributed by atoms with Crippen LogP contribution in [0.3, 0.4) is 0 Å². The van der Waals surface area contributed by atoms with Crippen LogP contribution in [-0.4, -0.2) is 23.6 Å². The number of hydrogen-bond donors (Lipinski definition) is 1. The van der Waals surface area contributed by atoms with Gasteiger partial charge in [0.1, 0.15) is 11.3 Å². The van der Waals surface area contributed by atoms with Crippen molar-refractivity contribution in [3.63, 3.8) is 0 Å². The van der Waals surface area contributed by atoms with E-state index >= 15 is 0 Å². The third-order valence-corrected chi connectivity index (χ3v) is 3.37. The van der Waals surface area contributed by atoms with Gasteiger partial charge < -0.3 is 14.6 Å². The van der Waals surface area contributed by atoms with E-state index in [0.717, 1.165) is 5.56 Å². The number of halogens is 1. The topological polar surface area (TPSA) is 81.4 Å². The van der Waals surface area contributed by atoms with Crippen LogP contribution in [0.5, 0.6) is 0 Å². The zero-order chi connectivity index (χ0) is 16.1. The second kappa shape index (κ2) is 7.09. The summed E-state index contributed by atoms with van der Waals surface area (Å²) in [5.41, 5.74) is 1.47. The molecule has 6 nitrogen and oxygen atoms in total. The summed E-state index contributed by atoms with van der Waals surface area (Å²) in [5.74, 6) is -0.692. The lowest BCUT2D eigenvalue weighted by Crippen LogP contribution is -2.28. The summed E-state index contributed by atoms with van der Waals surface area (Å²) in [6.07, 6.45) is 0. The van der Waals surface area contributed by atoms with Gasteiger partial charge >= 0.3 is 5.97 Å². The average molecular weight is 323 g/mol. The molecule has 0 aliphatic rings. The van der Waals surface area contributed by atoms with Gasteiger partial charge in [0.25, 0.3) is 5.91 Å². The molecule has 2 rings (SSSR count). The van der Waals surface area contributed by atoms with Gasteiger partial charge in [-0.3, -0.25) is 4.79 Å². The third kappa shape index (κ3) is 3.85. The van der Waals surface area contributed by atoms with Gasteiger partial charge in [0.15, 0.2) is 6.61 Å². The van der Waals surface area contributed by atoms with E-state index in [1.165, 1.54) is 0 Å². The van der Waals surface area contributed by atoms with Crippen molar-refractivity contribution in [3.05, 3.63) is 51.9 Å². The summed E-state index contributed by atoms with van der Waals surface area (Å²) in [6, 6.07) is 7.17. The SMILES string of the molecule is Cc1noc(C)c1C(=O)OCC(=O)NCc1ccccc1Cl. The molecule has 0 aliphatic carbocycles. The molecule has 0 saturated carbocycles. The molecular formula is C15H15ClN2O4. The first-order chi connectivity index (χ1) is 10.5. The largest absolute Gasteiger partial charge is 0.452 e. The van der Waals surface area contributed by atoms with Gasteiger partial charge in [-0.1, -0.05) is 35.0 Å². The second-order valence-electron chi connectivity index (χ2n) is 4.64. The summed E-state index contributed by atoms with van der Waals surface area (Å²) in [5, 5.41) is 6.85. The number of ether oxygens (including phenoxy) is 1. The lowest BCUT2D eigenvalue weighted by molar-refractivity contribution is -0.124. The van der Waals surface area contributed by atoms with Crippen LogP contribution < -0.4 is 5.32 Å². The van der Waals surface area contributed by atoms with Crippen LogP contribution in [0.15, 0.2) is 28.8 Å². The van der Waals surface area contributed by atoms with Gasteiger partial charge in [-0.15, -0.1) is 0 Å². The molecule has 0 atom stereocenters. The molecular weight excluding hydrogens is 308 g/mol. The Labute approximate surface area is 132 Å². The number of amides is 1. The number of nitrogens with zero attached hydrogens (tertiary/aromatic N) is 1. The minimum Gasteiger partial charge on any atom is -0.452 e. The number of aromatic nitrogens is 1.